The highest BCUT2D eigenvalue weighted by Gasteiger charge is 2.23. The summed E-state index contributed by atoms with van der Waals surface area (Å²) in [6.07, 6.45) is 1.86. The Labute approximate surface area is 168 Å². The van der Waals surface area contributed by atoms with Crippen LogP contribution in [-0.4, -0.2) is 4.98 Å². The van der Waals surface area contributed by atoms with Gasteiger partial charge in [-0.3, -0.25) is 4.98 Å². The number of hydrogen-bond acceptors (Lipinski definition) is 2. The summed E-state index contributed by atoms with van der Waals surface area (Å²) in [5.41, 5.74) is 5.55. The predicted octanol–water partition coefficient (Wildman–Crippen LogP) is 7.11. The van der Waals surface area contributed by atoms with Gasteiger partial charge in [-0.1, -0.05) is 44.2 Å². The van der Waals surface area contributed by atoms with Gasteiger partial charge < -0.3 is 4.42 Å². The van der Waals surface area contributed by atoms with Crippen LogP contribution in [0.1, 0.15) is 25.0 Å². The smallest absolute Gasteiger partial charge is 0.138 e. The SMILES string of the molecule is CC(C)(c1ccccc1)c1ccnc(-c2ccc3oc4cc(F)ccc4c3c2)c1. The lowest BCUT2D eigenvalue weighted by atomic mass is 9.78. The van der Waals surface area contributed by atoms with Crippen LogP contribution in [0.15, 0.2) is 89.5 Å². The molecule has 0 unspecified atom stereocenters. The molecule has 142 valence electrons. The van der Waals surface area contributed by atoms with Crippen molar-refractivity contribution in [2.75, 3.05) is 0 Å². The fourth-order valence-electron chi connectivity index (χ4n) is 3.91. The van der Waals surface area contributed by atoms with Gasteiger partial charge in [-0.25, -0.2) is 4.39 Å². The molecule has 3 aromatic carbocycles. The van der Waals surface area contributed by atoms with E-state index in [2.05, 4.69) is 61.3 Å². The average molecular weight is 381 g/mol. The standard InChI is InChI=1S/C26H20FNO/c1-26(2,18-6-4-3-5-7-18)19-12-13-28-23(15-19)17-8-11-24-22(14-17)21-10-9-20(27)16-25(21)29-24/h3-16H,1-2H3. The Morgan fingerprint density at radius 3 is 2.41 bits per heavy atom. The first-order valence-electron chi connectivity index (χ1n) is 9.67. The van der Waals surface area contributed by atoms with Crippen molar-refractivity contribution in [3.05, 3.63) is 102 Å². The van der Waals surface area contributed by atoms with Crippen molar-refractivity contribution in [2.24, 2.45) is 0 Å². The van der Waals surface area contributed by atoms with E-state index < -0.39 is 0 Å². The Kier molecular flexibility index (Phi) is 3.99. The maximum atomic E-state index is 13.5. The number of halogens is 1. The number of fused-ring (bicyclic) bond motifs is 3. The van der Waals surface area contributed by atoms with E-state index in [-0.39, 0.29) is 11.2 Å². The number of pyridine rings is 1. The summed E-state index contributed by atoms with van der Waals surface area (Å²) in [6.45, 7) is 4.45. The Hall–Kier alpha value is -3.46. The normalized spacial score (nSPS) is 12.0. The third kappa shape index (κ3) is 2.99. The Bertz CT molecular complexity index is 1340. The van der Waals surface area contributed by atoms with Crippen molar-refractivity contribution in [1.29, 1.82) is 0 Å². The minimum absolute atomic E-state index is 0.136. The van der Waals surface area contributed by atoms with Crippen LogP contribution >= 0.6 is 0 Å². The molecule has 0 atom stereocenters. The summed E-state index contributed by atoms with van der Waals surface area (Å²) in [6, 6.07) is 25.4. The molecule has 0 bridgehead atoms. The first-order chi connectivity index (χ1) is 14.0. The molecule has 0 saturated carbocycles. The van der Waals surface area contributed by atoms with Gasteiger partial charge in [0, 0.05) is 34.0 Å². The molecule has 0 aliphatic heterocycles. The maximum Gasteiger partial charge on any atom is 0.138 e. The van der Waals surface area contributed by atoms with Gasteiger partial charge in [0.15, 0.2) is 0 Å². The van der Waals surface area contributed by atoms with E-state index in [1.807, 2.05) is 24.4 Å². The molecule has 5 aromatic rings. The molecule has 29 heavy (non-hydrogen) atoms. The van der Waals surface area contributed by atoms with E-state index in [4.69, 9.17) is 4.42 Å². The molecule has 0 saturated heterocycles. The third-order valence-electron chi connectivity index (χ3n) is 5.71. The highest BCUT2D eigenvalue weighted by Crippen LogP contribution is 2.35. The van der Waals surface area contributed by atoms with Crippen molar-refractivity contribution in [3.63, 3.8) is 0 Å². The number of aromatic nitrogens is 1. The summed E-state index contributed by atoms with van der Waals surface area (Å²) in [4.78, 5) is 4.61. The fourth-order valence-corrected chi connectivity index (χ4v) is 3.91. The molecule has 2 nitrogen and oxygen atoms in total. The second-order valence-electron chi connectivity index (χ2n) is 7.87. The van der Waals surface area contributed by atoms with Crippen LogP contribution in [0.5, 0.6) is 0 Å². The van der Waals surface area contributed by atoms with Crippen molar-refractivity contribution in [3.8, 4) is 11.3 Å². The van der Waals surface area contributed by atoms with Crippen LogP contribution < -0.4 is 0 Å². The highest BCUT2D eigenvalue weighted by molar-refractivity contribution is 6.06. The molecule has 0 N–H and O–H groups in total. The first kappa shape index (κ1) is 17.6. The lowest BCUT2D eigenvalue weighted by Gasteiger charge is -2.26. The highest BCUT2D eigenvalue weighted by atomic mass is 19.1. The summed E-state index contributed by atoms with van der Waals surface area (Å²) in [7, 11) is 0. The molecule has 0 spiro atoms. The molecule has 2 heterocycles. The number of benzene rings is 3. The molecule has 0 aliphatic rings. The molecular weight excluding hydrogens is 361 g/mol. The zero-order valence-corrected chi connectivity index (χ0v) is 16.3. The van der Waals surface area contributed by atoms with Crippen molar-refractivity contribution < 1.29 is 8.81 Å². The molecular formula is C26H20FNO. The zero-order chi connectivity index (χ0) is 20.0. The van der Waals surface area contributed by atoms with Gasteiger partial charge in [-0.2, -0.15) is 0 Å². The number of nitrogens with zero attached hydrogens (tertiary/aromatic N) is 1. The van der Waals surface area contributed by atoms with Crippen LogP contribution in [0.2, 0.25) is 0 Å². The van der Waals surface area contributed by atoms with Gasteiger partial charge in [0.1, 0.15) is 17.0 Å². The molecule has 2 aromatic heterocycles. The first-order valence-corrected chi connectivity index (χ1v) is 9.67. The second kappa shape index (κ2) is 6.56. The molecule has 3 heteroatoms. The largest absolute Gasteiger partial charge is 0.456 e. The van der Waals surface area contributed by atoms with Gasteiger partial charge in [-0.15, -0.1) is 0 Å². The maximum absolute atomic E-state index is 13.5. The molecule has 5 rings (SSSR count). The van der Waals surface area contributed by atoms with E-state index in [1.54, 1.807) is 6.07 Å². The summed E-state index contributed by atoms with van der Waals surface area (Å²) < 4.78 is 19.3. The lowest BCUT2D eigenvalue weighted by molar-refractivity contribution is 0.618. The average Bonchev–Trinajstić information content (AvgIpc) is 3.11. The van der Waals surface area contributed by atoms with E-state index in [9.17, 15) is 4.39 Å². The summed E-state index contributed by atoms with van der Waals surface area (Å²) in [5.74, 6) is -0.297. The van der Waals surface area contributed by atoms with E-state index in [0.717, 1.165) is 27.6 Å². The van der Waals surface area contributed by atoms with Crippen molar-refractivity contribution in [1.82, 2.24) is 4.98 Å². The second-order valence-corrected chi connectivity index (χ2v) is 7.87. The van der Waals surface area contributed by atoms with Crippen LogP contribution in [0.4, 0.5) is 4.39 Å². The topological polar surface area (TPSA) is 26.0 Å². The molecule has 0 amide bonds. The third-order valence-corrected chi connectivity index (χ3v) is 5.71. The van der Waals surface area contributed by atoms with Gasteiger partial charge in [0.2, 0.25) is 0 Å². The quantitative estimate of drug-likeness (QED) is 0.333. The van der Waals surface area contributed by atoms with Gasteiger partial charge in [-0.05, 0) is 53.6 Å². The minimum atomic E-state index is -0.297. The van der Waals surface area contributed by atoms with Crippen molar-refractivity contribution in [2.45, 2.75) is 19.3 Å². The van der Waals surface area contributed by atoms with Crippen LogP contribution in [0.25, 0.3) is 33.2 Å². The van der Waals surface area contributed by atoms with Gasteiger partial charge >= 0.3 is 0 Å². The molecule has 0 radical (unpaired) electrons. The fraction of sp³-hybridized carbons (Fsp3) is 0.115. The van der Waals surface area contributed by atoms with E-state index >= 15 is 0 Å². The monoisotopic (exact) mass is 381 g/mol. The number of furan rings is 1. The zero-order valence-electron chi connectivity index (χ0n) is 16.3. The predicted molar refractivity (Wildman–Crippen MR) is 115 cm³/mol. The van der Waals surface area contributed by atoms with Crippen LogP contribution in [0, 0.1) is 5.82 Å². The molecule has 0 aliphatic carbocycles. The molecule has 0 fully saturated rings. The Morgan fingerprint density at radius 2 is 1.59 bits per heavy atom. The lowest BCUT2D eigenvalue weighted by Crippen LogP contribution is -2.18. The van der Waals surface area contributed by atoms with Gasteiger partial charge in [0.25, 0.3) is 0 Å². The van der Waals surface area contributed by atoms with E-state index in [0.29, 0.717) is 5.58 Å². The van der Waals surface area contributed by atoms with E-state index in [1.165, 1.54) is 23.3 Å². The Balaban J connectivity index is 1.62. The summed E-state index contributed by atoms with van der Waals surface area (Å²) >= 11 is 0. The number of rotatable bonds is 3. The number of hydrogen-bond donors (Lipinski definition) is 0. The Morgan fingerprint density at radius 1 is 0.759 bits per heavy atom. The van der Waals surface area contributed by atoms with Crippen LogP contribution in [0.3, 0.4) is 0 Å². The minimum Gasteiger partial charge on any atom is -0.456 e. The van der Waals surface area contributed by atoms with Crippen molar-refractivity contribution >= 4 is 21.9 Å². The van der Waals surface area contributed by atoms with Crippen LogP contribution in [-0.2, 0) is 5.41 Å². The summed E-state index contributed by atoms with van der Waals surface area (Å²) in [5, 5.41) is 1.87. The van der Waals surface area contributed by atoms with Gasteiger partial charge in [0.05, 0.1) is 5.69 Å².